The molecular formula is C16H15F2NOS. The van der Waals surface area contributed by atoms with E-state index in [4.69, 9.17) is 0 Å². The number of nitrogens with one attached hydrogen (secondary N) is 1. The third kappa shape index (κ3) is 4.29. The normalized spacial score (nSPS) is 10.7. The van der Waals surface area contributed by atoms with E-state index in [1.807, 2.05) is 26.0 Å². The lowest BCUT2D eigenvalue weighted by molar-refractivity contribution is 0.102. The van der Waals surface area contributed by atoms with Crippen LogP contribution in [0.15, 0.2) is 47.4 Å². The van der Waals surface area contributed by atoms with Gasteiger partial charge in [0.05, 0.1) is 0 Å². The smallest absolute Gasteiger partial charge is 0.288 e. The average molecular weight is 307 g/mol. The highest BCUT2D eigenvalue weighted by Crippen LogP contribution is 2.26. The van der Waals surface area contributed by atoms with E-state index in [1.165, 1.54) is 0 Å². The number of halogens is 2. The van der Waals surface area contributed by atoms with Gasteiger partial charge in [0.25, 0.3) is 11.7 Å². The fraction of sp³-hybridized carbons (Fsp3) is 0.188. The summed E-state index contributed by atoms with van der Waals surface area (Å²) < 4.78 is 24.4. The molecule has 0 saturated carbocycles. The molecule has 0 aromatic heterocycles. The number of thioether (sulfide) groups is 1. The van der Waals surface area contributed by atoms with Crippen LogP contribution in [-0.4, -0.2) is 11.7 Å². The number of anilines is 1. The van der Waals surface area contributed by atoms with Crippen LogP contribution in [0.1, 0.15) is 21.5 Å². The number of amides is 1. The van der Waals surface area contributed by atoms with E-state index < -0.39 is 5.76 Å². The van der Waals surface area contributed by atoms with E-state index in [0.29, 0.717) is 27.9 Å². The van der Waals surface area contributed by atoms with Crippen LogP contribution in [0.2, 0.25) is 0 Å². The Bertz CT molecular complexity index is 641. The molecule has 0 aliphatic heterocycles. The second-order valence-corrected chi connectivity index (χ2v) is 5.72. The minimum absolute atomic E-state index is 0.215. The highest BCUT2D eigenvalue weighted by atomic mass is 32.2. The van der Waals surface area contributed by atoms with Gasteiger partial charge >= 0.3 is 0 Å². The van der Waals surface area contributed by atoms with Crippen LogP contribution in [0.4, 0.5) is 14.5 Å². The van der Waals surface area contributed by atoms with E-state index >= 15 is 0 Å². The van der Waals surface area contributed by atoms with Crippen molar-refractivity contribution in [1.29, 1.82) is 0 Å². The quantitative estimate of drug-likeness (QED) is 0.816. The van der Waals surface area contributed by atoms with Gasteiger partial charge in [-0.3, -0.25) is 4.79 Å². The lowest BCUT2D eigenvalue weighted by Crippen LogP contribution is -2.12. The summed E-state index contributed by atoms with van der Waals surface area (Å²) in [4.78, 5) is 12.6. The molecule has 21 heavy (non-hydrogen) atoms. The Morgan fingerprint density at radius 1 is 1.05 bits per heavy atom. The van der Waals surface area contributed by atoms with E-state index in [1.54, 1.807) is 30.3 Å². The Morgan fingerprint density at radius 3 is 2.29 bits per heavy atom. The lowest BCUT2D eigenvalue weighted by atomic mass is 10.1. The molecule has 0 saturated heterocycles. The van der Waals surface area contributed by atoms with Crippen molar-refractivity contribution in [3.8, 4) is 0 Å². The zero-order valence-corrected chi connectivity index (χ0v) is 12.5. The van der Waals surface area contributed by atoms with Gasteiger partial charge in [0.1, 0.15) is 0 Å². The van der Waals surface area contributed by atoms with E-state index in [2.05, 4.69) is 5.32 Å². The maximum atomic E-state index is 12.2. The third-order valence-electron chi connectivity index (χ3n) is 3.11. The first-order valence-electron chi connectivity index (χ1n) is 6.39. The number of hydrogen-bond donors (Lipinski definition) is 1. The number of carbonyl (C=O) groups excluding carboxylic acids is 1. The minimum atomic E-state index is -2.44. The molecule has 110 valence electrons. The van der Waals surface area contributed by atoms with Crippen molar-refractivity contribution in [3.63, 3.8) is 0 Å². The first-order valence-corrected chi connectivity index (χ1v) is 7.27. The van der Waals surface area contributed by atoms with Crippen LogP contribution in [-0.2, 0) is 0 Å². The maximum absolute atomic E-state index is 12.2. The third-order valence-corrected chi connectivity index (χ3v) is 3.83. The van der Waals surface area contributed by atoms with E-state index in [0.717, 1.165) is 11.1 Å². The fourth-order valence-corrected chi connectivity index (χ4v) is 2.30. The van der Waals surface area contributed by atoms with Crippen molar-refractivity contribution in [3.05, 3.63) is 59.2 Å². The van der Waals surface area contributed by atoms with Gasteiger partial charge in [-0.1, -0.05) is 17.8 Å². The van der Waals surface area contributed by atoms with Gasteiger partial charge in [-0.2, -0.15) is 8.78 Å². The van der Waals surface area contributed by atoms with Gasteiger partial charge in [0, 0.05) is 16.1 Å². The zero-order valence-electron chi connectivity index (χ0n) is 11.7. The molecule has 2 nitrogen and oxygen atoms in total. The molecule has 0 bridgehead atoms. The predicted molar refractivity (Wildman–Crippen MR) is 82.2 cm³/mol. The van der Waals surface area contributed by atoms with Crippen molar-refractivity contribution >= 4 is 23.4 Å². The molecule has 0 radical (unpaired) electrons. The van der Waals surface area contributed by atoms with Gasteiger partial charge in [-0.15, -0.1) is 0 Å². The van der Waals surface area contributed by atoms with Gasteiger partial charge in [0.2, 0.25) is 0 Å². The van der Waals surface area contributed by atoms with Crippen LogP contribution < -0.4 is 5.32 Å². The van der Waals surface area contributed by atoms with Gasteiger partial charge in [-0.05, 0) is 61.4 Å². The summed E-state index contributed by atoms with van der Waals surface area (Å²) in [5, 5.41) is 2.75. The van der Waals surface area contributed by atoms with Crippen LogP contribution in [0.5, 0.6) is 0 Å². The fourth-order valence-electron chi connectivity index (χ4n) is 1.81. The zero-order chi connectivity index (χ0) is 15.4. The molecule has 2 rings (SSSR count). The monoisotopic (exact) mass is 307 g/mol. The van der Waals surface area contributed by atoms with Crippen molar-refractivity contribution < 1.29 is 13.6 Å². The second-order valence-electron chi connectivity index (χ2n) is 4.66. The highest BCUT2D eigenvalue weighted by Gasteiger charge is 2.08. The van der Waals surface area contributed by atoms with Crippen LogP contribution in [0.25, 0.3) is 0 Å². The molecule has 0 aliphatic carbocycles. The average Bonchev–Trinajstić information content (AvgIpc) is 2.43. The summed E-state index contributed by atoms with van der Waals surface area (Å²) in [6.07, 6.45) is 0. The van der Waals surface area contributed by atoms with Crippen molar-refractivity contribution in [2.45, 2.75) is 24.5 Å². The summed E-state index contributed by atoms with van der Waals surface area (Å²) in [5.41, 5.74) is 3.33. The number of benzene rings is 2. The summed E-state index contributed by atoms with van der Waals surface area (Å²) in [7, 11) is 0. The minimum Gasteiger partial charge on any atom is -0.322 e. The number of aryl methyl sites for hydroxylation is 2. The SMILES string of the molecule is Cc1ccc(C(=O)Nc2ccc(SC(F)F)cc2)cc1C. The topological polar surface area (TPSA) is 29.1 Å². The second kappa shape index (κ2) is 6.72. The Kier molecular flexibility index (Phi) is 4.96. The van der Waals surface area contributed by atoms with E-state index in [-0.39, 0.29) is 5.91 Å². The van der Waals surface area contributed by atoms with Gasteiger partial charge < -0.3 is 5.32 Å². The molecule has 5 heteroatoms. The number of rotatable bonds is 4. The molecule has 1 N–H and O–H groups in total. The Hall–Kier alpha value is -1.88. The Labute approximate surface area is 126 Å². The molecule has 0 spiro atoms. The number of hydrogen-bond acceptors (Lipinski definition) is 2. The molecule has 0 heterocycles. The summed E-state index contributed by atoms with van der Waals surface area (Å²) in [6, 6.07) is 11.8. The first-order chi connectivity index (χ1) is 9.95. The summed E-state index contributed by atoms with van der Waals surface area (Å²) in [5.74, 6) is -2.66. The lowest BCUT2D eigenvalue weighted by Gasteiger charge is -2.08. The van der Waals surface area contributed by atoms with Crippen molar-refractivity contribution in [2.75, 3.05) is 5.32 Å². The Balaban J connectivity index is 2.06. The molecule has 1 amide bonds. The highest BCUT2D eigenvalue weighted by molar-refractivity contribution is 7.99. The predicted octanol–water partition coefficient (Wildman–Crippen LogP) is 4.87. The molecular weight excluding hydrogens is 292 g/mol. The number of carbonyl (C=O) groups is 1. The maximum Gasteiger partial charge on any atom is 0.288 e. The summed E-state index contributed by atoms with van der Waals surface area (Å²) in [6.45, 7) is 3.93. The van der Waals surface area contributed by atoms with Crippen molar-refractivity contribution in [2.24, 2.45) is 0 Å². The molecule has 0 unspecified atom stereocenters. The largest absolute Gasteiger partial charge is 0.322 e. The van der Waals surface area contributed by atoms with Crippen LogP contribution in [0.3, 0.4) is 0 Å². The van der Waals surface area contributed by atoms with Crippen molar-refractivity contribution in [1.82, 2.24) is 0 Å². The van der Waals surface area contributed by atoms with Gasteiger partial charge in [-0.25, -0.2) is 0 Å². The number of alkyl halides is 2. The molecule has 2 aromatic carbocycles. The molecule has 0 atom stereocenters. The molecule has 0 aliphatic rings. The first kappa shape index (κ1) is 15.5. The van der Waals surface area contributed by atoms with Crippen LogP contribution in [0, 0.1) is 13.8 Å². The Morgan fingerprint density at radius 2 is 1.71 bits per heavy atom. The summed E-state index contributed by atoms with van der Waals surface area (Å²) >= 11 is 0.480. The van der Waals surface area contributed by atoms with E-state index in [9.17, 15) is 13.6 Å². The standard InChI is InChI=1S/C16H15F2NOS/c1-10-3-4-12(9-11(10)2)15(20)19-13-5-7-14(8-6-13)21-16(17)18/h3-9,16H,1-2H3,(H,19,20). The van der Waals surface area contributed by atoms with Crippen LogP contribution >= 0.6 is 11.8 Å². The van der Waals surface area contributed by atoms with Gasteiger partial charge in [0.15, 0.2) is 0 Å². The molecule has 0 fully saturated rings. The molecule has 2 aromatic rings.